The van der Waals surface area contributed by atoms with Crippen molar-refractivity contribution in [2.45, 2.75) is 35.6 Å². The Morgan fingerprint density at radius 1 is 1.15 bits per heavy atom. The van der Waals surface area contributed by atoms with Crippen LogP contribution in [0.5, 0.6) is 0 Å². The van der Waals surface area contributed by atoms with Gasteiger partial charge < -0.3 is 9.80 Å². The Hall–Kier alpha value is -3.52. The molecule has 3 saturated heterocycles. The number of carbonyl (C=O) groups is 3. The molecule has 0 N–H and O–H groups in total. The highest BCUT2D eigenvalue weighted by molar-refractivity contribution is 8.00. The van der Waals surface area contributed by atoms with Crippen LogP contribution >= 0.6 is 11.8 Å². The highest BCUT2D eigenvalue weighted by atomic mass is 32.2. The number of amides is 4. The maximum Gasteiger partial charge on any atom is 0.417 e. The second kappa shape index (κ2) is 8.06. The lowest BCUT2D eigenvalue weighted by atomic mass is 10.1. The number of rotatable bonds is 4. The maximum absolute atomic E-state index is 13.4. The molecule has 3 atom stereocenters. The van der Waals surface area contributed by atoms with Crippen molar-refractivity contribution >= 4 is 35.3 Å². The normalized spacial score (nSPS) is 23.5. The number of piperazine rings is 1. The zero-order valence-electron chi connectivity index (χ0n) is 17.5. The molecule has 2 bridgehead atoms. The summed E-state index contributed by atoms with van der Waals surface area (Å²) in [6.07, 6.45) is -4.36. The molecule has 7 nitrogen and oxygen atoms in total. The number of hydrogen-bond donors (Lipinski definition) is 0. The maximum atomic E-state index is 13.4. The Kier molecular flexibility index (Phi) is 5.28. The van der Waals surface area contributed by atoms with Crippen LogP contribution in [0.4, 0.5) is 23.7 Å². The predicted octanol–water partition coefficient (Wildman–Crippen LogP) is 3.49. The van der Waals surface area contributed by atoms with Gasteiger partial charge in [0.15, 0.2) is 0 Å². The first-order valence-electron chi connectivity index (χ1n) is 10.5. The number of imide groups is 1. The molecule has 2 aromatic rings. The van der Waals surface area contributed by atoms with Crippen molar-refractivity contribution in [1.29, 1.82) is 5.26 Å². The summed E-state index contributed by atoms with van der Waals surface area (Å²) in [4.78, 5) is 43.8. The van der Waals surface area contributed by atoms with Gasteiger partial charge in [-0.1, -0.05) is 18.2 Å². The zero-order chi connectivity index (χ0) is 24.2. The van der Waals surface area contributed by atoms with E-state index in [1.54, 1.807) is 4.90 Å². The molecule has 11 heteroatoms. The molecule has 4 amide bonds. The summed E-state index contributed by atoms with van der Waals surface area (Å²) >= 11 is 1.37. The van der Waals surface area contributed by atoms with Gasteiger partial charge in [-0.25, -0.2) is 9.69 Å². The van der Waals surface area contributed by atoms with Crippen LogP contribution in [0.1, 0.15) is 17.5 Å². The molecule has 0 saturated carbocycles. The molecule has 5 rings (SSSR count). The van der Waals surface area contributed by atoms with E-state index in [0.29, 0.717) is 12.5 Å². The molecule has 174 valence electrons. The van der Waals surface area contributed by atoms with E-state index in [4.69, 9.17) is 5.26 Å². The number of likely N-dealkylation sites (tertiary alicyclic amines) is 1. The summed E-state index contributed by atoms with van der Waals surface area (Å²) in [6.45, 7) is 0.281. The summed E-state index contributed by atoms with van der Waals surface area (Å²) in [5.41, 5.74) is -2.05. The number of anilines is 1. The largest absolute Gasteiger partial charge is 0.417 e. The van der Waals surface area contributed by atoms with Gasteiger partial charge >= 0.3 is 12.2 Å². The second-order valence-electron chi connectivity index (χ2n) is 8.25. The van der Waals surface area contributed by atoms with E-state index in [2.05, 4.69) is 0 Å². The molecule has 2 aromatic carbocycles. The van der Waals surface area contributed by atoms with E-state index in [0.717, 1.165) is 21.9 Å². The quantitative estimate of drug-likeness (QED) is 0.488. The number of halogens is 3. The molecule has 0 spiro atoms. The van der Waals surface area contributed by atoms with Crippen LogP contribution in [0, 0.1) is 11.3 Å². The molecule has 0 aliphatic carbocycles. The van der Waals surface area contributed by atoms with E-state index in [1.807, 2.05) is 30.3 Å². The van der Waals surface area contributed by atoms with Gasteiger partial charge in [-0.3, -0.25) is 9.59 Å². The van der Waals surface area contributed by atoms with Gasteiger partial charge in [0.25, 0.3) is 5.91 Å². The van der Waals surface area contributed by atoms with E-state index in [-0.39, 0.29) is 29.9 Å². The van der Waals surface area contributed by atoms with E-state index in [1.165, 1.54) is 22.7 Å². The van der Waals surface area contributed by atoms with E-state index in [9.17, 15) is 27.6 Å². The fourth-order valence-corrected chi connectivity index (χ4v) is 5.74. The minimum absolute atomic E-state index is 0.155. The first-order chi connectivity index (χ1) is 16.2. The van der Waals surface area contributed by atoms with Gasteiger partial charge in [-0.15, -0.1) is 11.8 Å². The van der Waals surface area contributed by atoms with Crippen molar-refractivity contribution in [3.8, 4) is 6.07 Å². The fourth-order valence-electron chi connectivity index (χ4n) is 4.93. The lowest BCUT2D eigenvalue weighted by Crippen LogP contribution is -2.55. The number of alkyl halides is 3. The Labute approximate surface area is 196 Å². The third-order valence-corrected chi connectivity index (χ3v) is 7.37. The highest BCUT2D eigenvalue weighted by Gasteiger charge is 2.62. The number of fused-ring (bicyclic) bond motifs is 5. The van der Waals surface area contributed by atoms with Gasteiger partial charge in [0, 0.05) is 11.4 Å². The van der Waals surface area contributed by atoms with Crippen LogP contribution in [-0.4, -0.2) is 58.1 Å². The minimum Gasteiger partial charge on any atom is -0.334 e. The van der Waals surface area contributed by atoms with Gasteiger partial charge in [0.2, 0.25) is 5.91 Å². The van der Waals surface area contributed by atoms with Gasteiger partial charge in [-0.05, 0) is 36.8 Å². The van der Waals surface area contributed by atoms with Crippen LogP contribution in [0.25, 0.3) is 0 Å². The number of hydrogen-bond acceptors (Lipinski definition) is 5. The average molecular weight is 486 g/mol. The fraction of sp³-hybridized carbons (Fsp3) is 0.304. The van der Waals surface area contributed by atoms with E-state index < -0.39 is 41.3 Å². The summed E-state index contributed by atoms with van der Waals surface area (Å²) < 4.78 is 40.2. The van der Waals surface area contributed by atoms with Crippen molar-refractivity contribution in [3.63, 3.8) is 0 Å². The Balaban J connectivity index is 1.37. The lowest BCUT2D eigenvalue weighted by Gasteiger charge is -2.34. The smallest absolute Gasteiger partial charge is 0.334 e. The highest BCUT2D eigenvalue weighted by Crippen LogP contribution is 2.43. The summed E-state index contributed by atoms with van der Waals surface area (Å²) in [5, 5.41) is 9.00. The molecule has 3 fully saturated rings. The Morgan fingerprint density at radius 2 is 1.88 bits per heavy atom. The topological polar surface area (TPSA) is 84.7 Å². The van der Waals surface area contributed by atoms with E-state index >= 15 is 0 Å². The van der Waals surface area contributed by atoms with Gasteiger partial charge in [0.1, 0.15) is 6.04 Å². The SMILES string of the molecule is N#Cc1ccc(N2C(=O)C3C4CC(CN4C(=O)CSc4ccccc4)N3C2=O)cc1C(F)(F)F. The van der Waals surface area contributed by atoms with Crippen LogP contribution in [0.15, 0.2) is 53.4 Å². The molecule has 34 heavy (non-hydrogen) atoms. The van der Waals surface area contributed by atoms with Crippen molar-refractivity contribution in [2.24, 2.45) is 0 Å². The minimum atomic E-state index is -4.82. The van der Waals surface area contributed by atoms with Gasteiger partial charge in [-0.2, -0.15) is 18.4 Å². The summed E-state index contributed by atoms with van der Waals surface area (Å²) in [6, 6.07) is 11.1. The van der Waals surface area contributed by atoms with Crippen LogP contribution in [0.2, 0.25) is 0 Å². The average Bonchev–Trinajstić information content (AvgIpc) is 3.48. The second-order valence-corrected chi connectivity index (χ2v) is 9.30. The Bertz CT molecular complexity index is 1230. The van der Waals surface area contributed by atoms with Crippen LogP contribution in [-0.2, 0) is 15.8 Å². The molecular formula is C23H17F3N4O3S. The number of carbonyl (C=O) groups excluding carboxylic acids is 3. The van der Waals surface area contributed by atoms with Crippen molar-refractivity contribution in [1.82, 2.24) is 9.80 Å². The number of benzene rings is 2. The van der Waals surface area contributed by atoms with Crippen LogP contribution < -0.4 is 4.90 Å². The molecule has 3 unspecified atom stereocenters. The third-order valence-electron chi connectivity index (χ3n) is 6.38. The number of nitriles is 1. The number of urea groups is 1. The van der Waals surface area contributed by atoms with Crippen molar-refractivity contribution in [3.05, 3.63) is 59.7 Å². The molecule has 0 aromatic heterocycles. The third kappa shape index (κ3) is 3.49. The van der Waals surface area contributed by atoms with Crippen molar-refractivity contribution < 1.29 is 27.6 Å². The number of nitrogens with zero attached hydrogens (tertiary/aromatic N) is 4. The molecular weight excluding hydrogens is 469 g/mol. The first-order valence-corrected chi connectivity index (χ1v) is 11.4. The predicted molar refractivity (Wildman–Crippen MR) is 116 cm³/mol. The monoisotopic (exact) mass is 486 g/mol. The lowest BCUT2D eigenvalue weighted by molar-refractivity contribution is -0.138. The summed E-state index contributed by atoms with van der Waals surface area (Å²) in [7, 11) is 0. The van der Waals surface area contributed by atoms with Crippen LogP contribution in [0.3, 0.4) is 0 Å². The number of thioether (sulfide) groups is 1. The molecule has 0 radical (unpaired) electrons. The standard InChI is InChI=1S/C23H17F3N4O3S/c24-23(25,26)17-8-14(7-6-13(17)10-27)30-21(32)20-18-9-15(29(20)22(30)33)11-28(18)19(31)12-34-16-4-2-1-3-5-16/h1-8,15,18,20H,9,11-12H2. The van der Waals surface area contributed by atoms with Gasteiger partial charge in [0.05, 0.1) is 40.7 Å². The zero-order valence-corrected chi connectivity index (χ0v) is 18.3. The molecule has 3 heterocycles. The Morgan fingerprint density at radius 3 is 2.56 bits per heavy atom. The van der Waals surface area contributed by atoms with Crippen molar-refractivity contribution in [2.75, 3.05) is 17.2 Å². The molecule has 3 aliphatic rings. The molecule has 3 aliphatic heterocycles. The summed E-state index contributed by atoms with van der Waals surface area (Å²) in [5.74, 6) is -0.642. The first kappa shape index (κ1) is 22.3.